The summed E-state index contributed by atoms with van der Waals surface area (Å²) < 4.78 is 1.93. The number of carbonyl (C=O) groups is 1. The van der Waals surface area contributed by atoms with Crippen molar-refractivity contribution < 1.29 is 9.90 Å². The molecule has 0 aliphatic carbocycles. The highest BCUT2D eigenvalue weighted by Gasteiger charge is 2.47. The van der Waals surface area contributed by atoms with E-state index in [2.05, 4.69) is 28.8 Å². The number of likely N-dealkylation sites (tertiary alicyclic amines) is 1. The van der Waals surface area contributed by atoms with E-state index in [1.54, 1.807) is 6.33 Å². The van der Waals surface area contributed by atoms with Gasteiger partial charge in [-0.3, -0.25) is 9.69 Å². The van der Waals surface area contributed by atoms with Crippen LogP contribution < -0.4 is 0 Å². The van der Waals surface area contributed by atoms with Gasteiger partial charge in [0.2, 0.25) is 0 Å². The number of hydrogen-bond donors (Lipinski definition) is 1. The standard InChI is InChI=1S/C15H26N4O2/c1-11(2)7-19-13(16-10-17-19)8-18-6-5-15(9-18,12(3)4)14(20)21/h10-12H,5-9H2,1-4H3,(H,20,21). The normalized spacial score (nSPS) is 23.3. The van der Waals surface area contributed by atoms with E-state index in [0.29, 0.717) is 25.4 Å². The molecule has 21 heavy (non-hydrogen) atoms. The van der Waals surface area contributed by atoms with Crippen molar-refractivity contribution in [1.82, 2.24) is 19.7 Å². The molecule has 1 atom stereocenters. The summed E-state index contributed by atoms with van der Waals surface area (Å²) in [4.78, 5) is 18.2. The fourth-order valence-corrected chi connectivity index (χ4v) is 3.05. The molecular weight excluding hydrogens is 268 g/mol. The van der Waals surface area contributed by atoms with E-state index in [0.717, 1.165) is 18.9 Å². The van der Waals surface area contributed by atoms with Crippen molar-refractivity contribution >= 4 is 5.97 Å². The molecule has 1 aliphatic heterocycles. The van der Waals surface area contributed by atoms with Gasteiger partial charge in [-0.2, -0.15) is 5.10 Å². The van der Waals surface area contributed by atoms with Crippen molar-refractivity contribution in [2.45, 2.75) is 47.2 Å². The number of carboxylic acids is 1. The first-order valence-corrected chi connectivity index (χ1v) is 7.67. The number of rotatable bonds is 6. The Labute approximate surface area is 126 Å². The Morgan fingerprint density at radius 3 is 2.67 bits per heavy atom. The monoisotopic (exact) mass is 294 g/mol. The average Bonchev–Trinajstić information content (AvgIpc) is 2.98. The fraction of sp³-hybridized carbons (Fsp3) is 0.800. The summed E-state index contributed by atoms with van der Waals surface area (Å²) in [6.07, 6.45) is 2.29. The number of nitrogens with zero attached hydrogens (tertiary/aromatic N) is 4. The summed E-state index contributed by atoms with van der Waals surface area (Å²) in [5.74, 6) is 0.892. The van der Waals surface area contributed by atoms with E-state index >= 15 is 0 Å². The van der Waals surface area contributed by atoms with Gasteiger partial charge < -0.3 is 5.11 Å². The van der Waals surface area contributed by atoms with Crippen molar-refractivity contribution in [3.8, 4) is 0 Å². The van der Waals surface area contributed by atoms with Crippen molar-refractivity contribution in [1.29, 1.82) is 0 Å². The first kappa shape index (κ1) is 15.9. The molecule has 2 rings (SSSR count). The summed E-state index contributed by atoms with van der Waals surface area (Å²) >= 11 is 0. The van der Waals surface area contributed by atoms with Crippen molar-refractivity contribution in [2.75, 3.05) is 13.1 Å². The lowest BCUT2D eigenvalue weighted by Crippen LogP contribution is -2.39. The minimum Gasteiger partial charge on any atom is -0.481 e. The predicted octanol–water partition coefficient (Wildman–Crippen LogP) is 1.87. The van der Waals surface area contributed by atoms with Crippen LogP contribution in [0.4, 0.5) is 0 Å². The molecule has 1 N–H and O–H groups in total. The van der Waals surface area contributed by atoms with Crippen LogP contribution in [0.3, 0.4) is 0 Å². The third-order valence-electron chi connectivity index (χ3n) is 4.51. The third-order valence-corrected chi connectivity index (χ3v) is 4.51. The van der Waals surface area contributed by atoms with E-state index in [-0.39, 0.29) is 5.92 Å². The Kier molecular flexibility index (Phi) is 4.66. The Morgan fingerprint density at radius 2 is 2.14 bits per heavy atom. The van der Waals surface area contributed by atoms with Gasteiger partial charge in [-0.15, -0.1) is 0 Å². The molecule has 0 spiro atoms. The molecule has 1 saturated heterocycles. The summed E-state index contributed by atoms with van der Waals surface area (Å²) in [5.41, 5.74) is -0.622. The molecule has 1 fully saturated rings. The lowest BCUT2D eigenvalue weighted by Gasteiger charge is -2.28. The lowest BCUT2D eigenvalue weighted by atomic mass is 9.76. The van der Waals surface area contributed by atoms with Gasteiger partial charge in [0, 0.05) is 13.1 Å². The molecule has 0 saturated carbocycles. The number of aliphatic carboxylic acids is 1. The highest BCUT2D eigenvalue weighted by Crippen LogP contribution is 2.38. The summed E-state index contributed by atoms with van der Waals surface area (Å²) in [7, 11) is 0. The first-order chi connectivity index (χ1) is 9.85. The molecule has 0 aromatic carbocycles. The van der Waals surface area contributed by atoms with Crippen LogP contribution in [0.2, 0.25) is 0 Å². The van der Waals surface area contributed by atoms with Crippen LogP contribution in [0.5, 0.6) is 0 Å². The maximum Gasteiger partial charge on any atom is 0.311 e. The van der Waals surface area contributed by atoms with Crippen LogP contribution in [-0.4, -0.2) is 43.8 Å². The van der Waals surface area contributed by atoms with Gasteiger partial charge in [0.25, 0.3) is 0 Å². The fourth-order valence-electron chi connectivity index (χ4n) is 3.05. The van der Waals surface area contributed by atoms with Crippen LogP contribution in [0.15, 0.2) is 6.33 Å². The van der Waals surface area contributed by atoms with Crippen LogP contribution >= 0.6 is 0 Å². The maximum absolute atomic E-state index is 11.7. The quantitative estimate of drug-likeness (QED) is 0.867. The van der Waals surface area contributed by atoms with Crippen molar-refractivity contribution in [2.24, 2.45) is 17.3 Å². The van der Waals surface area contributed by atoms with Gasteiger partial charge in [0.1, 0.15) is 12.2 Å². The minimum atomic E-state index is -0.677. The topological polar surface area (TPSA) is 71.2 Å². The zero-order chi connectivity index (χ0) is 15.6. The molecule has 0 amide bonds. The van der Waals surface area contributed by atoms with Gasteiger partial charge in [0.05, 0.1) is 12.0 Å². The molecule has 1 aromatic heterocycles. The summed E-state index contributed by atoms with van der Waals surface area (Å²) in [5, 5.41) is 13.9. The SMILES string of the molecule is CC(C)Cn1ncnc1CN1CCC(C(=O)O)(C(C)C)C1. The van der Waals surface area contributed by atoms with Crippen LogP contribution in [0, 0.1) is 17.3 Å². The second-order valence-corrected chi connectivity index (χ2v) is 6.83. The van der Waals surface area contributed by atoms with Gasteiger partial charge in [0.15, 0.2) is 0 Å². The summed E-state index contributed by atoms with van der Waals surface area (Å²) in [6, 6.07) is 0. The zero-order valence-corrected chi connectivity index (χ0v) is 13.4. The summed E-state index contributed by atoms with van der Waals surface area (Å²) in [6.45, 7) is 11.2. The molecule has 6 nitrogen and oxygen atoms in total. The van der Waals surface area contributed by atoms with E-state index in [1.807, 2.05) is 18.5 Å². The molecule has 118 valence electrons. The number of hydrogen-bond acceptors (Lipinski definition) is 4. The Morgan fingerprint density at radius 1 is 1.43 bits per heavy atom. The van der Waals surface area contributed by atoms with Gasteiger partial charge in [-0.05, 0) is 24.8 Å². The van der Waals surface area contributed by atoms with Crippen LogP contribution in [0.25, 0.3) is 0 Å². The maximum atomic E-state index is 11.7. The third kappa shape index (κ3) is 3.26. The highest BCUT2D eigenvalue weighted by molar-refractivity contribution is 5.75. The molecule has 1 aliphatic rings. The molecular formula is C15H26N4O2. The Balaban J connectivity index is 2.06. The van der Waals surface area contributed by atoms with Crippen molar-refractivity contribution in [3.05, 3.63) is 12.2 Å². The van der Waals surface area contributed by atoms with E-state index in [9.17, 15) is 9.90 Å². The average molecular weight is 294 g/mol. The Hall–Kier alpha value is -1.43. The Bertz CT molecular complexity index is 498. The zero-order valence-electron chi connectivity index (χ0n) is 13.4. The van der Waals surface area contributed by atoms with Crippen molar-refractivity contribution in [3.63, 3.8) is 0 Å². The lowest BCUT2D eigenvalue weighted by molar-refractivity contribution is -0.151. The molecule has 1 unspecified atom stereocenters. The number of aromatic nitrogens is 3. The highest BCUT2D eigenvalue weighted by atomic mass is 16.4. The molecule has 2 heterocycles. The molecule has 0 radical (unpaired) electrons. The smallest absolute Gasteiger partial charge is 0.311 e. The van der Waals surface area contributed by atoms with Gasteiger partial charge in [-0.1, -0.05) is 27.7 Å². The van der Waals surface area contributed by atoms with Gasteiger partial charge >= 0.3 is 5.97 Å². The predicted molar refractivity (Wildman–Crippen MR) is 79.7 cm³/mol. The van der Waals surface area contributed by atoms with E-state index in [4.69, 9.17) is 0 Å². The number of carboxylic acid groups (broad SMARTS) is 1. The second-order valence-electron chi connectivity index (χ2n) is 6.83. The first-order valence-electron chi connectivity index (χ1n) is 7.67. The molecule has 6 heteroatoms. The van der Waals surface area contributed by atoms with Crippen LogP contribution in [-0.2, 0) is 17.9 Å². The van der Waals surface area contributed by atoms with E-state index in [1.165, 1.54) is 0 Å². The van der Waals surface area contributed by atoms with E-state index < -0.39 is 11.4 Å². The largest absolute Gasteiger partial charge is 0.481 e. The molecule has 0 bridgehead atoms. The minimum absolute atomic E-state index is 0.133. The molecule has 1 aromatic rings. The van der Waals surface area contributed by atoms with Gasteiger partial charge in [-0.25, -0.2) is 9.67 Å². The second kappa shape index (κ2) is 6.13. The van der Waals surface area contributed by atoms with Crippen LogP contribution in [0.1, 0.15) is 39.9 Å².